The molecule has 0 heterocycles. The van der Waals surface area contributed by atoms with Gasteiger partial charge in [-0.05, 0) is 116 Å². The van der Waals surface area contributed by atoms with Gasteiger partial charge in [0, 0.05) is 23.7 Å². The molecule has 6 aliphatic carbocycles. The van der Waals surface area contributed by atoms with Crippen LogP contribution in [-0.4, -0.2) is 22.8 Å². The smallest absolute Gasteiger partial charge is 0.142 e. The van der Waals surface area contributed by atoms with Crippen molar-refractivity contribution < 1.29 is 14.7 Å². The van der Waals surface area contributed by atoms with Crippen LogP contribution in [0, 0.1) is 62.6 Å². The van der Waals surface area contributed by atoms with Crippen LogP contribution in [0.3, 0.4) is 0 Å². The van der Waals surface area contributed by atoms with Gasteiger partial charge < -0.3 is 5.11 Å². The van der Waals surface area contributed by atoms with Gasteiger partial charge in [0.25, 0.3) is 0 Å². The van der Waals surface area contributed by atoms with Crippen LogP contribution in [0.15, 0.2) is 0 Å². The van der Waals surface area contributed by atoms with Crippen molar-refractivity contribution in [3.63, 3.8) is 0 Å². The molecule has 0 radical (unpaired) electrons. The third-order valence-electron chi connectivity index (χ3n) is 14.2. The van der Waals surface area contributed by atoms with E-state index < -0.39 is 0 Å². The van der Waals surface area contributed by atoms with E-state index in [4.69, 9.17) is 0 Å². The van der Waals surface area contributed by atoms with E-state index in [1.807, 2.05) is 0 Å². The zero-order valence-electron chi connectivity index (χ0n) is 24.0. The maximum Gasteiger partial charge on any atom is 0.142 e. The maximum absolute atomic E-state index is 14.4. The third kappa shape index (κ3) is 3.26. The molecule has 0 aromatic rings. The zero-order chi connectivity index (χ0) is 25.9. The topological polar surface area (TPSA) is 54.4 Å². The zero-order valence-corrected chi connectivity index (χ0v) is 24.0. The lowest BCUT2D eigenvalue weighted by Crippen LogP contribution is -2.66. The van der Waals surface area contributed by atoms with Crippen molar-refractivity contribution >= 4 is 11.6 Å². The average molecular weight is 497 g/mol. The summed E-state index contributed by atoms with van der Waals surface area (Å²) in [5, 5.41) is 10.9. The summed E-state index contributed by atoms with van der Waals surface area (Å²) in [7, 11) is 0. The normalized spacial score (nSPS) is 51.7. The van der Waals surface area contributed by atoms with Crippen LogP contribution in [0.2, 0.25) is 0 Å². The number of carbonyl (C=O) groups is 2. The van der Waals surface area contributed by atoms with Gasteiger partial charge in [-0.2, -0.15) is 0 Å². The molecule has 0 aromatic heterocycles. The number of carbonyl (C=O) groups excluding carboxylic acids is 2. The second-order valence-corrected chi connectivity index (χ2v) is 16.5. The minimum atomic E-state index is -0.232. The van der Waals surface area contributed by atoms with Crippen LogP contribution in [0.5, 0.6) is 0 Å². The molecule has 36 heavy (non-hydrogen) atoms. The van der Waals surface area contributed by atoms with Gasteiger partial charge in [0.2, 0.25) is 0 Å². The van der Waals surface area contributed by atoms with Crippen LogP contribution in [-0.2, 0) is 9.59 Å². The van der Waals surface area contributed by atoms with E-state index in [1.54, 1.807) is 0 Å². The minimum absolute atomic E-state index is 0.0848. The van der Waals surface area contributed by atoms with Crippen LogP contribution in [0.1, 0.15) is 125 Å². The van der Waals surface area contributed by atoms with Gasteiger partial charge in [-0.25, -0.2) is 0 Å². The highest BCUT2D eigenvalue weighted by Crippen LogP contribution is 2.73. The van der Waals surface area contributed by atoms with Gasteiger partial charge in [-0.1, -0.05) is 48.0 Å². The van der Waals surface area contributed by atoms with Crippen molar-refractivity contribution in [3.8, 4) is 0 Å². The second kappa shape index (κ2) is 7.92. The molecule has 0 spiro atoms. The Morgan fingerprint density at radius 2 is 1.47 bits per heavy atom. The molecule has 0 amide bonds. The average Bonchev–Trinajstić information content (AvgIpc) is 2.76. The first-order valence-electron chi connectivity index (χ1n) is 15.5. The maximum atomic E-state index is 14.4. The van der Waals surface area contributed by atoms with Gasteiger partial charge in [0.05, 0.1) is 6.10 Å². The summed E-state index contributed by atoms with van der Waals surface area (Å²) in [6.45, 7) is 14.4. The molecule has 3 heteroatoms. The predicted octanol–water partition coefficient (Wildman–Crippen LogP) is 7.39. The van der Waals surface area contributed by atoms with Gasteiger partial charge in [0.1, 0.15) is 11.6 Å². The van der Waals surface area contributed by atoms with Crippen LogP contribution >= 0.6 is 0 Å². The van der Waals surface area contributed by atoms with Gasteiger partial charge in [0.15, 0.2) is 0 Å². The minimum Gasteiger partial charge on any atom is -0.393 e. The van der Waals surface area contributed by atoms with Crippen molar-refractivity contribution in [2.24, 2.45) is 62.6 Å². The molecule has 6 aliphatic rings. The fraction of sp³-hybridized carbons (Fsp3) is 0.939. The lowest BCUT2D eigenvalue weighted by atomic mass is 9.34. The Hall–Kier alpha value is -0.700. The summed E-state index contributed by atoms with van der Waals surface area (Å²) in [5.74, 6) is 3.01. The van der Waals surface area contributed by atoms with Crippen LogP contribution < -0.4 is 0 Å². The molecular formula is C33H52O3. The number of ketones is 2. The molecule has 6 saturated carbocycles. The first-order chi connectivity index (χ1) is 16.8. The first-order valence-corrected chi connectivity index (χ1v) is 15.5. The highest BCUT2D eigenvalue weighted by molar-refractivity contribution is 5.91. The standard InChI is InChI=1S/C33H52O3/c1-29(2)16-17-33(28(36)20-8-7-9-20)15-10-21-27(22(33)19-29)23(34)18-25-31(21,5)13-11-24-30(3,4)26(35)12-14-32(24,25)6/h20-22,24-27,35H,7-19H2,1-6H3. The molecule has 202 valence electrons. The summed E-state index contributed by atoms with van der Waals surface area (Å²) in [5.41, 5.74) is 0.215. The van der Waals surface area contributed by atoms with Gasteiger partial charge in [-0.15, -0.1) is 0 Å². The number of rotatable bonds is 2. The van der Waals surface area contributed by atoms with Crippen molar-refractivity contribution in [2.45, 2.75) is 131 Å². The highest BCUT2D eigenvalue weighted by atomic mass is 16.3. The van der Waals surface area contributed by atoms with Crippen molar-refractivity contribution in [3.05, 3.63) is 0 Å². The largest absolute Gasteiger partial charge is 0.393 e. The monoisotopic (exact) mass is 496 g/mol. The Kier molecular flexibility index (Phi) is 5.63. The summed E-state index contributed by atoms with van der Waals surface area (Å²) in [6.07, 6.45) is 13.4. The molecule has 6 rings (SSSR count). The number of aliphatic hydroxyl groups is 1. The van der Waals surface area contributed by atoms with Gasteiger partial charge >= 0.3 is 0 Å². The summed E-state index contributed by atoms with van der Waals surface area (Å²) in [6, 6.07) is 0. The SMILES string of the molecule is CC1(C)CCC2(C(=O)C3CCC3)CCC3C(C(=O)CC4C3(C)CCC3C(C)(C)C(O)CCC34C)C2C1. The van der Waals surface area contributed by atoms with E-state index >= 15 is 0 Å². The van der Waals surface area contributed by atoms with E-state index in [-0.39, 0.29) is 50.9 Å². The Balaban J connectivity index is 1.38. The third-order valence-corrected chi connectivity index (χ3v) is 14.2. The summed E-state index contributed by atoms with van der Waals surface area (Å²) in [4.78, 5) is 28.5. The number of aliphatic hydroxyl groups excluding tert-OH is 1. The fourth-order valence-electron chi connectivity index (χ4n) is 11.8. The molecule has 0 aromatic carbocycles. The van der Waals surface area contributed by atoms with Crippen molar-refractivity contribution in [1.82, 2.24) is 0 Å². The Bertz CT molecular complexity index is 945. The predicted molar refractivity (Wildman–Crippen MR) is 143 cm³/mol. The number of fused-ring (bicyclic) bond motifs is 7. The molecule has 9 unspecified atom stereocenters. The number of hydrogen-bond donors (Lipinski definition) is 1. The summed E-state index contributed by atoms with van der Waals surface area (Å²) >= 11 is 0. The molecule has 0 bridgehead atoms. The molecule has 3 nitrogen and oxygen atoms in total. The number of hydrogen-bond acceptors (Lipinski definition) is 3. The Morgan fingerprint density at radius 1 is 0.778 bits per heavy atom. The molecule has 0 saturated heterocycles. The number of Topliss-reactive ketones (excluding diaryl/α,β-unsaturated/α-hetero) is 2. The van der Waals surface area contributed by atoms with E-state index in [9.17, 15) is 14.7 Å². The lowest BCUT2D eigenvalue weighted by molar-refractivity contribution is -0.218. The van der Waals surface area contributed by atoms with E-state index in [0.717, 1.165) is 57.8 Å². The van der Waals surface area contributed by atoms with Crippen LogP contribution in [0.25, 0.3) is 0 Å². The molecular weight excluding hydrogens is 444 g/mol. The molecule has 0 aliphatic heterocycles. The molecule has 6 fully saturated rings. The van der Waals surface area contributed by atoms with Crippen molar-refractivity contribution in [1.29, 1.82) is 0 Å². The Morgan fingerprint density at radius 3 is 2.14 bits per heavy atom. The lowest BCUT2D eigenvalue weighted by Gasteiger charge is -2.69. The fourth-order valence-corrected chi connectivity index (χ4v) is 11.8. The van der Waals surface area contributed by atoms with E-state index in [1.165, 1.54) is 19.3 Å². The quantitative estimate of drug-likeness (QED) is 0.434. The van der Waals surface area contributed by atoms with Crippen molar-refractivity contribution in [2.75, 3.05) is 0 Å². The summed E-state index contributed by atoms with van der Waals surface area (Å²) < 4.78 is 0. The molecule has 1 N–H and O–H groups in total. The van der Waals surface area contributed by atoms with E-state index in [0.29, 0.717) is 35.7 Å². The van der Waals surface area contributed by atoms with Gasteiger partial charge in [-0.3, -0.25) is 9.59 Å². The first kappa shape index (κ1) is 25.6. The van der Waals surface area contributed by atoms with Crippen LogP contribution in [0.4, 0.5) is 0 Å². The Labute approximate surface area is 219 Å². The highest BCUT2D eigenvalue weighted by Gasteiger charge is 2.69. The second-order valence-electron chi connectivity index (χ2n) is 16.5. The molecule has 9 atom stereocenters. The van der Waals surface area contributed by atoms with E-state index in [2.05, 4.69) is 41.5 Å².